The maximum atomic E-state index is 5.94. The number of nitrogens with zero attached hydrogens (tertiary/aromatic N) is 2. The Labute approximate surface area is 122 Å². The first-order valence-electron chi connectivity index (χ1n) is 5.44. The Morgan fingerprint density at radius 1 is 1.22 bits per heavy atom. The summed E-state index contributed by atoms with van der Waals surface area (Å²) in [5.41, 5.74) is 2.03. The van der Waals surface area contributed by atoms with Gasteiger partial charge in [-0.1, -0.05) is 15.9 Å². The lowest BCUT2D eigenvalue weighted by molar-refractivity contribution is 0.980. The van der Waals surface area contributed by atoms with Crippen molar-refractivity contribution in [3.8, 4) is 0 Å². The molecule has 1 aromatic carbocycles. The second-order valence-corrected chi connectivity index (χ2v) is 6.21. The van der Waals surface area contributed by atoms with Crippen LogP contribution < -0.4 is 5.32 Å². The largest absolute Gasteiger partial charge is 0.339 e. The monoisotopic (exact) mass is 341 g/mol. The first kappa shape index (κ1) is 12.3. The summed E-state index contributed by atoms with van der Waals surface area (Å²) in [6, 6.07) is 7.95. The number of halogens is 2. The number of benzene rings is 1. The highest BCUT2D eigenvalue weighted by atomic mass is 79.9. The summed E-state index contributed by atoms with van der Waals surface area (Å²) in [7, 11) is 0. The molecule has 0 atom stereocenters. The van der Waals surface area contributed by atoms with Crippen LogP contribution in [0.15, 0.2) is 33.6 Å². The van der Waals surface area contributed by atoms with Crippen LogP contribution in [-0.4, -0.2) is 15.7 Å². The number of hydrogen-bond acceptors (Lipinski definition) is 4. The maximum Gasteiger partial charge on any atom is 0.224 e. The van der Waals surface area contributed by atoms with Crippen LogP contribution in [0, 0.1) is 0 Å². The van der Waals surface area contributed by atoms with Gasteiger partial charge in [-0.25, -0.2) is 4.98 Å². The molecule has 0 unspecified atom stereocenters. The summed E-state index contributed by atoms with van der Waals surface area (Å²) in [4.78, 5) is 9.64. The molecule has 0 saturated carbocycles. The zero-order chi connectivity index (χ0) is 12.5. The molecule has 0 spiro atoms. The molecule has 1 aromatic heterocycles. The first-order valence-corrected chi connectivity index (χ1v) is 7.60. The fourth-order valence-corrected chi connectivity index (χ4v) is 3.29. The van der Waals surface area contributed by atoms with Crippen LogP contribution in [0.2, 0.25) is 5.28 Å². The molecule has 6 heteroatoms. The van der Waals surface area contributed by atoms with Gasteiger partial charge in [0, 0.05) is 22.3 Å². The molecule has 3 nitrogen and oxygen atoms in total. The third-order valence-electron chi connectivity index (χ3n) is 2.60. The molecular weight excluding hydrogens is 334 g/mol. The third kappa shape index (κ3) is 2.48. The summed E-state index contributed by atoms with van der Waals surface area (Å²) >= 11 is 11.1. The van der Waals surface area contributed by atoms with Gasteiger partial charge in [0.1, 0.15) is 5.82 Å². The standard InChI is InChI=1S/C12H9BrClN3S/c13-7-1-3-8(4-2-7)15-11-10-9(5-6-18-10)16-12(14)17-11/h1-4H,5-6H2,(H,15,16,17). The predicted molar refractivity (Wildman–Crippen MR) is 78.9 cm³/mol. The van der Waals surface area contributed by atoms with E-state index in [1.54, 1.807) is 11.8 Å². The summed E-state index contributed by atoms with van der Waals surface area (Å²) in [6.45, 7) is 0. The minimum absolute atomic E-state index is 0.302. The maximum absolute atomic E-state index is 5.94. The Hall–Kier alpha value is -0.780. The molecule has 0 bridgehead atoms. The highest BCUT2D eigenvalue weighted by molar-refractivity contribution is 9.10. The second-order valence-electron chi connectivity index (χ2n) is 3.85. The number of thioether (sulfide) groups is 1. The Morgan fingerprint density at radius 3 is 2.78 bits per heavy atom. The molecular formula is C12H9BrClN3S. The van der Waals surface area contributed by atoms with Gasteiger partial charge in [0.05, 0.1) is 10.6 Å². The van der Waals surface area contributed by atoms with Gasteiger partial charge < -0.3 is 5.32 Å². The van der Waals surface area contributed by atoms with Gasteiger partial charge in [-0.05, 0) is 35.9 Å². The lowest BCUT2D eigenvalue weighted by atomic mass is 10.3. The van der Waals surface area contributed by atoms with E-state index < -0.39 is 0 Å². The molecule has 1 aliphatic rings. The summed E-state index contributed by atoms with van der Waals surface area (Å²) in [5, 5.41) is 3.60. The van der Waals surface area contributed by atoms with Crippen molar-refractivity contribution in [2.75, 3.05) is 11.1 Å². The molecule has 3 rings (SSSR count). The predicted octanol–water partition coefficient (Wildman–Crippen LogP) is 4.28. The van der Waals surface area contributed by atoms with Crippen molar-refractivity contribution < 1.29 is 0 Å². The fourth-order valence-electron chi connectivity index (χ4n) is 1.79. The van der Waals surface area contributed by atoms with Gasteiger partial charge in [-0.2, -0.15) is 4.98 Å². The molecule has 2 aromatic rings. The number of anilines is 2. The van der Waals surface area contributed by atoms with Crippen molar-refractivity contribution in [1.82, 2.24) is 9.97 Å². The molecule has 0 fully saturated rings. The molecule has 0 radical (unpaired) electrons. The van der Waals surface area contributed by atoms with Crippen LogP contribution >= 0.6 is 39.3 Å². The van der Waals surface area contributed by atoms with E-state index in [1.165, 1.54) is 0 Å². The van der Waals surface area contributed by atoms with E-state index in [0.717, 1.165) is 38.7 Å². The Bertz CT molecular complexity index is 589. The number of fused-ring (bicyclic) bond motifs is 1. The number of hydrogen-bond donors (Lipinski definition) is 1. The van der Waals surface area contributed by atoms with Crippen LogP contribution in [0.3, 0.4) is 0 Å². The number of rotatable bonds is 2. The Kier molecular flexibility index (Phi) is 3.46. The van der Waals surface area contributed by atoms with Crippen LogP contribution in [0.5, 0.6) is 0 Å². The van der Waals surface area contributed by atoms with Gasteiger partial charge in [0.15, 0.2) is 0 Å². The van der Waals surface area contributed by atoms with Crippen molar-refractivity contribution in [2.24, 2.45) is 0 Å². The second kappa shape index (κ2) is 5.07. The third-order valence-corrected chi connectivity index (χ3v) is 4.42. The number of aryl methyl sites for hydroxylation is 1. The fraction of sp³-hybridized carbons (Fsp3) is 0.167. The summed E-state index contributed by atoms with van der Waals surface area (Å²) < 4.78 is 1.05. The van der Waals surface area contributed by atoms with Gasteiger partial charge in [-0.3, -0.25) is 0 Å². The van der Waals surface area contributed by atoms with Gasteiger partial charge >= 0.3 is 0 Å². The zero-order valence-corrected chi connectivity index (χ0v) is 12.4. The number of aromatic nitrogens is 2. The SMILES string of the molecule is Clc1nc2c(c(Nc3ccc(Br)cc3)n1)SCC2. The van der Waals surface area contributed by atoms with Crippen LogP contribution in [0.4, 0.5) is 11.5 Å². The summed E-state index contributed by atoms with van der Waals surface area (Å²) in [6.07, 6.45) is 0.956. The number of nitrogens with one attached hydrogen (secondary N) is 1. The van der Waals surface area contributed by atoms with Gasteiger partial charge in [0.25, 0.3) is 0 Å². The molecule has 18 heavy (non-hydrogen) atoms. The Balaban J connectivity index is 1.95. The van der Waals surface area contributed by atoms with E-state index in [0.29, 0.717) is 5.28 Å². The molecule has 0 saturated heterocycles. The van der Waals surface area contributed by atoms with Crippen molar-refractivity contribution in [2.45, 2.75) is 11.3 Å². The first-order chi connectivity index (χ1) is 8.72. The van der Waals surface area contributed by atoms with E-state index in [1.807, 2.05) is 24.3 Å². The molecule has 2 heterocycles. The minimum atomic E-state index is 0.302. The van der Waals surface area contributed by atoms with Crippen LogP contribution in [0.25, 0.3) is 0 Å². The molecule has 0 aliphatic carbocycles. The molecule has 1 N–H and O–H groups in total. The van der Waals surface area contributed by atoms with E-state index in [-0.39, 0.29) is 0 Å². The van der Waals surface area contributed by atoms with Gasteiger partial charge in [-0.15, -0.1) is 11.8 Å². The van der Waals surface area contributed by atoms with Crippen molar-refractivity contribution >= 4 is 50.8 Å². The zero-order valence-electron chi connectivity index (χ0n) is 9.28. The quantitative estimate of drug-likeness (QED) is 0.826. The molecule has 1 aliphatic heterocycles. The van der Waals surface area contributed by atoms with Crippen LogP contribution in [-0.2, 0) is 6.42 Å². The van der Waals surface area contributed by atoms with Crippen molar-refractivity contribution in [3.63, 3.8) is 0 Å². The highest BCUT2D eigenvalue weighted by Crippen LogP contribution is 2.37. The summed E-state index contributed by atoms with van der Waals surface area (Å²) in [5.74, 6) is 1.84. The van der Waals surface area contributed by atoms with E-state index in [4.69, 9.17) is 11.6 Å². The lowest BCUT2D eigenvalue weighted by Crippen LogP contribution is -1.99. The smallest absolute Gasteiger partial charge is 0.224 e. The van der Waals surface area contributed by atoms with Crippen molar-refractivity contribution in [3.05, 3.63) is 39.7 Å². The molecule has 0 amide bonds. The highest BCUT2D eigenvalue weighted by Gasteiger charge is 2.19. The topological polar surface area (TPSA) is 37.8 Å². The normalized spacial score (nSPS) is 13.4. The van der Waals surface area contributed by atoms with E-state index in [9.17, 15) is 0 Å². The Morgan fingerprint density at radius 2 is 2.00 bits per heavy atom. The van der Waals surface area contributed by atoms with Crippen LogP contribution in [0.1, 0.15) is 5.69 Å². The van der Waals surface area contributed by atoms with Gasteiger partial charge in [0.2, 0.25) is 5.28 Å². The lowest BCUT2D eigenvalue weighted by Gasteiger charge is -2.09. The minimum Gasteiger partial charge on any atom is -0.339 e. The van der Waals surface area contributed by atoms with E-state index in [2.05, 4.69) is 31.2 Å². The average molecular weight is 343 g/mol. The van der Waals surface area contributed by atoms with E-state index >= 15 is 0 Å². The molecule has 92 valence electrons. The van der Waals surface area contributed by atoms with Crippen molar-refractivity contribution in [1.29, 1.82) is 0 Å². The average Bonchev–Trinajstić information content (AvgIpc) is 2.80.